The van der Waals surface area contributed by atoms with Gasteiger partial charge in [-0.25, -0.2) is 4.39 Å². The molecule has 1 atom stereocenters. The number of nitrogens with zero attached hydrogens (tertiary/aromatic N) is 4. The van der Waals surface area contributed by atoms with Crippen molar-refractivity contribution in [1.29, 1.82) is 0 Å². The predicted octanol–water partition coefficient (Wildman–Crippen LogP) is 0.966. The van der Waals surface area contributed by atoms with E-state index in [1.54, 1.807) is 33.7 Å². The van der Waals surface area contributed by atoms with Crippen LogP contribution in [0.3, 0.4) is 0 Å². The van der Waals surface area contributed by atoms with Crippen LogP contribution in [0.2, 0.25) is 0 Å². The summed E-state index contributed by atoms with van der Waals surface area (Å²) in [6.45, 7) is 1.66. The van der Waals surface area contributed by atoms with Gasteiger partial charge in [0.25, 0.3) is 0 Å². The number of carbonyl (C=O) groups is 3. The van der Waals surface area contributed by atoms with E-state index < -0.39 is 5.92 Å². The summed E-state index contributed by atoms with van der Waals surface area (Å²) < 4.78 is 14.7. The van der Waals surface area contributed by atoms with E-state index in [2.05, 4.69) is 10.4 Å². The molecule has 1 saturated heterocycles. The topological polar surface area (TPSA) is 87.5 Å². The summed E-state index contributed by atoms with van der Waals surface area (Å²) in [5, 5.41) is 7.37. The third-order valence-electron chi connectivity index (χ3n) is 5.82. The largest absolute Gasteiger partial charge is 0.355 e. The van der Waals surface area contributed by atoms with Gasteiger partial charge in [0.1, 0.15) is 5.82 Å². The van der Waals surface area contributed by atoms with Crippen LogP contribution < -0.4 is 5.32 Å². The molecule has 3 amide bonds. The molecule has 1 unspecified atom stereocenters. The standard InChI is InChI=1S/C22H26FN5O3/c1-26-11-16-12-28(20(30)14-27-10-2-3-19(27)29)13-18(21(16)25-26)22(31)24-9-8-15-4-6-17(23)7-5-15/h4-7,11,18H,2-3,8-10,12-14H2,1H3,(H,24,31). The number of rotatable bonds is 6. The zero-order valence-electron chi connectivity index (χ0n) is 17.5. The number of benzene rings is 1. The minimum absolute atomic E-state index is 0.00233. The van der Waals surface area contributed by atoms with Crippen molar-refractivity contribution < 1.29 is 18.8 Å². The highest BCUT2D eigenvalue weighted by Gasteiger charge is 2.36. The molecule has 2 aliphatic heterocycles. The van der Waals surface area contributed by atoms with Crippen LogP contribution in [0.15, 0.2) is 30.5 Å². The molecule has 1 aromatic carbocycles. The first-order chi connectivity index (χ1) is 14.9. The smallest absolute Gasteiger partial charge is 0.242 e. The zero-order chi connectivity index (χ0) is 22.0. The fourth-order valence-electron chi connectivity index (χ4n) is 4.18. The van der Waals surface area contributed by atoms with Crippen LogP contribution in [0.4, 0.5) is 4.39 Å². The van der Waals surface area contributed by atoms with Crippen LogP contribution in [0.25, 0.3) is 0 Å². The van der Waals surface area contributed by atoms with Crippen LogP contribution in [-0.4, -0.2) is 63.5 Å². The van der Waals surface area contributed by atoms with E-state index >= 15 is 0 Å². The Morgan fingerprint density at radius 2 is 2.03 bits per heavy atom. The number of amides is 3. The SMILES string of the molecule is Cn1cc2c(n1)C(C(=O)NCCc1ccc(F)cc1)CN(C(=O)CN1CCCC1=O)C2. The van der Waals surface area contributed by atoms with Gasteiger partial charge in [0.15, 0.2) is 0 Å². The summed E-state index contributed by atoms with van der Waals surface area (Å²) in [5.41, 5.74) is 2.45. The van der Waals surface area contributed by atoms with Gasteiger partial charge in [-0.3, -0.25) is 19.1 Å². The molecule has 8 nitrogen and oxygen atoms in total. The average molecular weight is 427 g/mol. The molecule has 3 heterocycles. The minimum atomic E-state index is -0.573. The molecule has 9 heteroatoms. The van der Waals surface area contributed by atoms with Crippen LogP contribution in [0.5, 0.6) is 0 Å². The molecule has 31 heavy (non-hydrogen) atoms. The average Bonchev–Trinajstić information content (AvgIpc) is 3.32. The van der Waals surface area contributed by atoms with Gasteiger partial charge in [0.2, 0.25) is 17.7 Å². The molecule has 1 fully saturated rings. The fraction of sp³-hybridized carbons (Fsp3) is 0.455. The molecule has 0 bridgehead atoms. The van der Waals surface area contributed by atoms with Crippen molar-refractivity contribution in [3.8, 4) is 0 Å². The van der Waals surface area contributed by atoms with Crippen molar-refractivity contribution in [3.63, 3.8) is 0 Å². The second-order valence-electron chi connectivity index (χ2n) is 8.13. The Kier molecular flexibility index (Phi) is 6.01. The van der Waals surface area contributed by atoms with Gasteiger partial charge in [-0.1, -0.05) is 12.1 Å². The van der Waals surface area contributed by atoms with Crippen molar-refractivity contribution >= 4 is 17.7 Å². The second kappa shape index (κ2) is 8.87. The van der Waals surface area contributed by atoms with Gasteiger partial charge in [-0.05, 0) is 30.5 Å². The van der Waals surface area contributed by atoms with Crippen molar-refractivity contribution in [1.82, 2.24) is 24.9 Å². The minimum Gasteiger partial charge on any atom is -0.355 e. The number of halogens is 1. The number of hydrogen-bond acceptors (Lipinski definition) is 4. The van der Waals surface area contributed by atoms with Gasteiger partial charge in [0, 0.05) is 51.4 Å². The second-order valence-corrected chi connectivity index (χ2v) is 8.13. The monoisotopic (exact) mass is 427 g/mol. The van der Waals surface area contributed by atoms with Crippen LogP contribution in [-0.2, 0) is 34.4 Å². The first kappa shape index (κ1) is 21.0. The molecule has 2 aromatic rings. The van der Waals surface area contributed by atoms with Crippen molar-refractivity contribution in [2.75, 3.05) is 26.2 Å². The van der Waals surface area contributed by atoms with Gasteiger partial charge in [0.05, 0.1) is 18.2 Å². The number of hydrogen-bond donors (Lipinski definition) is 1. The first-order valence-corrected chi connectivity index (χ1v) is 10.5. The molecule has 0 radical (unpaired) electrons. The maximum atomic E-state index is 13.0. The van der Waals surface area contributed by atoms with E-state index in [0.29, 0.717) is 38.2 Å². The summed E-state index contributed by atoms with van der Waals surface area (Å²) in [7, 11) is 1.79. The summed E-state index contributed by atoms with van der Waals surface area (Å²) in [4.78, 5) is 40.9. The van der Waals surface area contributed by atoms with Crippen molar-refractivity contribution in [2.24, 2.45) is 7.05 Å². The lowest BCUT2D eigenvalue weighted by molar-refractivity contribution is -0.139. The third-order valence-corrected chi connectivity index (χ3v) is 5.82. The molecular weight excluding hydrogens is 401 g/mol. The number of likely N-dealkylation sites (tertiary alicyclic amines) is 1. The van der Waals surface area contributed by atoms with Crippen molar-refractivity contribution in [3.05, 3.63) is 53.1 Å². The third kappa shape index (κ3) is 4.76. The maximum absolute atomic E-state index is 13.0. The molecule has 1 N–H and O–H groups in total. The molecule has 1 aromatic heterocycles. The summed E-state index contributed by atoms with van der Waals surface area (Å²) in [6.07, 6.45) is 3.67. The summed E-state index contributed by atoms with van der Waals surface area (Å²) >= 11 is 0. The highest BCUT2D eigenvalue weighted by atomic mass is 19.1. The lowest BCUT2D eigenvalue weighted by Crippen LogP contribution is -2.47. The van der Waals surface area contributed by atoms with E-state index in [1.807, 2.05) is 6.20 Å². The molecule has 4 rings (SSSR count). The molecular formula is C22H26FN5O3. The maximum Gasteiger partial charge on any atom is 0.242 e. The highest BCUT2D eigenvalue weighted by molar-refractivity contribution is 5.88. The van der Waals surface area contributed by atoms with Gasteiger partial charge in [-0.2, -0.15) is 5.10 Å². The number of fused-ring (bicyclic) bond motifs is 1. The lowest BCUT2D eigenvalue weighted by atomic mass is 9.95. The van der Waals surface area contributed by atoms with E-state index in [1.165, 1.54) is 12.1 Å². The fourth-order valence-corrected chi connectivity index (χ4v) is 4.18. The number of carbonyl (C=O) groups excluding carboxylic acids is 3. The normalized spacial score (nSPS) is 18.3. The van der Waals surface area contributed by atoms with Crippen molar-refractivity contribution in [2.45, 2.75) is 31.7 Å². The van der Waals surface area contributed by atoms with Crippen LogP contribution >= 0.6 is 0 Å². The lowest BCUT2D eigenvalue weighted by Gasteiger charge is -2.32. The van der Waals surface area contributed by atoms with E-state index in [-0.39, 0.29) is 36.6 Å². The van der Waals surface area contributed by atoms with E-state index in [4.69, 9.17) is 0 Å². The Bertz CT molecular complexity index is 988. The van der Waals surface area contributed by atoms with Crippen LogP contribution in [0, 0.1) is 5.82 Å². The van der Waals surface area contributed by atoms with Crippen LogP contribution in [0.1, 0.15) is 35.6 Å². The zero-order valence-corrected chi connectivity index (χ0v) is 17.5. The molecule has 0 spiro atoms. The summed E-state index contributed by atoms with van der Waals surface area (Å²) in [5.74, 6) is -1.22. The predicted molar refractivity (Wildman–Crippen MR) is 110 cm³/mol. The Morgan fingerprint density at radius 1 is 1.26 bits per heavy atom. The highest BCUT2D eigenvalue weighted by Crippen LogP contribution is 2.27. The molecule has 164 valence electrons. The number of aromatic nitrogens is 2. The quantitative estimate of drug-likeness (QED) is 0.744. The first-order valence-electron chi connectivity index (χ1n) is 10.5. The number of nitrogens with one attached hydrogen (secondary N) is 1. The van der Waals surface area contributed by atoms with E-state index in [0.717, 1.165) is 17.5 Å². The Balaban J connectivity index is 1.41. The summed E-state index contributed by atoms with van der Waals surface area (Å²) in [6, 6.07) is 6.18. The van der Waals surface area contributed by atoms with Gasteiger partial charge >= 0.3 is 0 Å². The Hall–Kier alpha value is -3.23. The Morgan fingerprint density at radius 3 is 2.74 bits per heavy atom. The van der Waals surface area contributed by atoms with Gasteiger partial charge in [-0.15, -0.1) is 0 Å². The molecule has 0 aliphatic carbocycles. The Labute approximate surface area is 180 Å². The van der Waals surface area contributed by atoms with E-state index in [9.17, 15) is 18.8 Å². The van der Waals surface area contributed by atoms with Gasteiger partial charge < -0.3 is 15.1 Å². The molecule has 0 saturated carbocycles. The number of aryl methyl sites for hydroxylation is 1. The molecule has 2 aliphatic rings.